The van der Waals surface area contributed by atoms with Crippen molar-refractivity contribution in [3.05, 3.63) is 95.8 Å². The summed E-state index contributed by atoms with van der Waals surface area (Å²) in [6, 6.07) is 22.3. The molecule has 4 N–H and O–H groups in total. The number of nitrogens with zero attached hydrogens (tertiary/aromatic N) is 3. The second kappa shape index (κ2) is 9.99. The van der Waals surface area contributed by atoms with Gasteiger partial charge in [0.05, 0.1) is 24.4 Å². The Morgan fingerprint density at radius 1 is 1.00 bits per heavy atom. The van der Waals surface area contributed by atoms with Gasteiger partial charge in [-0.3, -0.25) is 4.79 Å². The van der Waals surface area contributed by atoms with Crippen LogP contribution in [0.1, 0.15) is 29.7 Å². The van der Waals surface area contributed by atoms with Gasteiger partial charge in [-0.25, -0.2) is 9.97 Å². The molecule has 4 aromatic rings. The fraction of sp³-hybridized carbons (Fsp3) is 0.192. The molecule has 0 aliphatic rings. The molecule has 33 heavy (non-hydrogen) atoms. The first-order chi connectivity index (χ1) is 16.0. The quantitative estimate of drug-likeness (QED) is 0.383. The first-order valence-electron chi connectivity index (χ1n) is 10.9. The lowest BCUT2D eigenvalue weighted by Gasteiger charge is -2.26. The van der Waals surface area contributed by atoms with Gasteiger partial charge in [0, 0.05) is 19.8 Å². The Kier molecular flexibility index (Phi) is 6.69. The Morgan fingerprint density at radius 3 is 2.36 bits per heavy atom. The summed E-state index contributed by atoms with van der Waals surface area (Å²) in [5.41, 5.74) is 10.6. The van der Waals surface area contributed by atoms with Crippen molar-refractivity contribution in [3.8, 4) is 11.3 Å². The molecular weight excluding hydrogens is 412 g/mol. The van der Waals surface area contributed by atoms with Crippen molar-refractivity contribution in [3.63, 3.8) is 0 Å². The van der Waals surface area contributed by atoms with Gasteiger partial charge in [0.15, 0.2) is 5.95 Å². The second-order valence-electron chi connectivity index (χ2n) is 8.05. The largest absolute Gasteiger partial charge is 0.369 e. The summed E-state index contributed by atoms with van der Waals surface area (Å²) in [5.74, 6) is 1.22. The van der Waals surface area contributed by atoms with Crippen LogP contribution in [0.15, 0.2) is 79.1 Å². The van der Waals surface area contributed by atoms with Crippen LogP contribution in [0.3, 0.4) is 0 Å². The normalized spacial score (nSPS) is 11.7. The number of amides is 1. The van der Waals surface area contributed by atoms with Crippen LogP contribution >= 0.6 is 0 Å². The number of nitrogens with one attached hydrogen (secondary N) is 2. The first kappa shape index (κ1) is 22.1. The standard InChI is InChI=1S/C26H28N6O/c1-18(21-6-4-3-5-7-21)32(2)24-13-10-20(16-28-24)14-25(33)29-15-19-8-11-22(12-9-19)23-17-30-26(27)31-23/h3-13,16-18H,14-15H2,1-2H3,(H,29,33)(H3,27,30,31). The van der Waals surface area contributed by atoms with Crippen LogP contribution in [0.4, 0.5) is 11.8 Å². The molecule has 2 aromatic heterocycles. The van der Waals surface area contributed by atoms with Crippen LogP contribution in [0.25, 0.3) is 11.3 Å². The highest BCUT2D eigenvalue weighted by molar-refractivity contribution is 5.78. The van der Waals surface area contributed by atoms with E-state index in [0.717, 1.165) is 28.2 Å². The predicted molar refractivity (Wildman–Crippen MR) is 131 cm³/mol. The SMILES string of the molecule is CC(c1ccccc1)N(C)c1ccc(CC(=O)NCc2ccc(-c3cnc(N)[nH]3)cc2)cn1. The number of aromatic nitrogens is 3. The number of anilines is 2. The molecule has 7 nitrogen and oxygen atoms in total. The van der Waals surface area contributed by atoms with E-state index in [9.17, 15) is 4.79 Å². The maximum atomic E-state index is 12.4. The molecular formula is C26H28N6O. The number of H-pyrrole nitrogens is 1. The summed E-state index contributed by atoms with van der Waals surface area (Å²) < 4.78 is 0. The lowest BCUT2D eigenvalue weighted by molar-refractivity contribution is -0.120. The minimum atomic E-state index is -0.0408. The lowest BCUT2D eigenvalue weighted by Crippen LogP contribution is -2.25. The average molecular weight is 441 g/mol. The van der Waals surface area contributed by atoms with Gasteiger partial charge >= 0.3 is 0 Å². The predicted octanol–water partition coefficient (Wildman–Crippen LogP) is 4.11. The van der Waals surface area contributed by atoms with Crippen LogP contribution < -0.4 is 16.0 Å². The van der Waals surface area contributed by atoms with Crippen molar-refractivity contribution >= 4 is 17.7 Å². The summed E-state index contributed by atoms with van der Waals surface area (Å²) in [6.45, 7) is 2.61. The number of nitrogens with two attached hydrogens (primary N) is 1. The van der Waals surface area contributed by atoms with Gasteiger partial charge in [0.25, 0.3) is 0 Å². The summed E-state index contributed by atoms with van der Waals surface area (Å²) in [4.78, 5) is 26.1. The smallest absolute Gasteiger partial charge is 0.224 e. The van der Waals surface area contributed by atoms with Crippen molar-refractivity contribution in [2.75, 3.05) is 17.7 Å². The number of rotatable bonds is 8. The summed E-state index contributed by atoms with van der Waals surface area (Å²) in [5, 5.41) is 2.97. The number of carbonyl (C=O) groups excluding carboxylic acids is 1. The lowest BCUT2D eigenvalue weighted by atomic mass is 10.1. The molecule has 0 radical (unpaired) electrons. The molecule has 2 aromatic carbocycles. The van der Waals surface area contributed by atoms with Crippen LogP contribution in [-0.4, -0.2) is 27.9 Å². The molecule has 1 amide bonds. The minimum Gasteiger partial charge on any atom is -0.369 e. The molecule has 2 heterocycles. The zero-order valence-electron chi connectivity index (χ0n) is 18.8. The number of aromatic amines is 1. The Hall–Kier alpha value is -4.13. The van der Waals surface area contributed by atoms with Gasteiger partial charge in [0.1, 0.15) is 5.82 Å². The Morgan fingerprint density at radius 2 is 1.73 bits per heavy atom. The molecule has 4 rings (SSSR count). The highest BCUT2D eigenvalue weighted by atomic mass is 16.1. The van der Waals surface area contributed by atoms with Gasteiger partial charge in [0.2, 0.25) is 5.91 Å². The maximum Gasteiger partial charge on any atom is 0.224 e. The fourth-order valence-corrected chi connectivity index (χ4v) is 3.62. The summed E-state index contributed by atoms with van der Waals surface area (Å²) in [6.07, 6.45) is 3.76. The van der Waals surface area contributed by atoms with Crippen molar-refractivity contribution in [2.45, 2.75) is 25.9 Å². The monoisotopic (exact) mass is 440 g/mol. The number of imidazole rings is 1. The van der Waals surface area contributed by atoms with Crippen molar-refractivity contribution < 1.29 is 4.79 Å². The highest BCUT2D eigenvalue weighted by Gasteiger charge is 2.13. The molecule has 7 heteroatoms. The minimum absolute atomic E-state index is 0.0408. The molecule has 0 fully saturated rings. The number of hydrogen-bond donors (Lipinski definition) is 3. The fourth-order valence-electron chi connectivity index (χ4n) is 3.62. The molecule has 0 spiro atoms. The van der Waals surface area contributed by atoms with Crippen LogP contribution in [0.2, 0.25) is 0 Å². The van der Waals surface area contributed by atoms with E-state index < -0.39 is 0 Å². The van der Waals surface area contributed by atoms with E-state index in [1.54, 1.807) is 12.4 Å². The van der Waals surface area contributed by atoms with E-state index in [1.165, 1.54) is 5.56 Å². The highest BCUT2D eigenvalue weighted by Crippen LogP contribution is 2.23. The second-order valence-corrected chi connectivity index (χ2v) is 8.05. The Labute approximate surface area is 193 Å². The summed E-state index contributed by atoms with van der Waals surface area (Å²) in [7, 11) is 2.03. The maximum absolute atomic E-state index is 12.4. The van der Waals surface area contributed by atoms with E-state index in [1.807, 2.05) is 61.6 Å². The Balaban J connectivity index is 1.29. The van der Waals surface area contributed by atoms with E-state index in [-0.39, 0.29) is 18.4 Å². The molecule has 0 aliphatic carbocycles. The number of benzene rings is 2. The number of pyridine rings is 1. The molecule has 1 atom stereocenters. The van der Waals surface area contributed by atoms with Crippen molar-refractivity contribution in [1.82, 2.24) is 20.3 Å². The third-order valence-corrected chi connectivity index (χ3v) is 5.75. The Bertz CT molecular complexity index is 1190. The number of hydrogen-bond acceptors (Lipinski definition) is 5. The zero-order valence-corrected chi connectivity index (χ0v) is 18.8. The molecule has 0 bridgehead atoms. The third kappa shape index (κ3) is 5.57. The average Bonchev–Trinajstić information content (AvgIpc) is 3.29. The molecule has 168 valence electrons. The molecule has 1 unspecified atom stereocenters. The van der Waals surface area contributed by atoms with Crippen molar-refractivity contribution in [1.29, 1.82) is 0 Å². The van der Waals surface area contributed by atoms with Gasteiger partial charge in [-0.05, 0) is 35.2 Å². The molecule has 0 saturated carbocycles. The van der Waals surface area contributed by atoms with Gasteiger partial charge in [-0.2, -0.15) is 0 Å². The van der Waals surface area contributed by atoms with Gasteiger partial charge < -0.3 is 20.9 Å². The molecule has 0 saturated heterocycles. The number of nitrogen functional groups attached to an aromatic ring is 1. The van der Waals surface area contributed by atoms with E-state index >= 15 is 0 Å². The van der Waals surface area contributed by atoms with E-state index in [0.29, 0.717) is 12.5 Å². The van der Waals surface area contributed by atoms with Crippen molar-refractivity contribution in [2.24, 2.45) is 0 Å². The van der Waals surface area contributed by atoms with Crippen LogP contribution in [0, 0.1) is 0 Å². The van der Waals surface area contributed by atoms with E-state index in [2.05, 4.69) is 44.2 Å². The van der Waals surface area contributed by atoms with Crippen LogP contribution in [-0.2, 0) is 17.8 Å². The first-order valence-corrected chi connectivity index (χ1v) is 10.9. The zero-order chi connectivity index (χ0) is 23.2. The third-order valence-electron chi connectivity index (χ3n) is 5.75. The van der Waals surface area contributed by atoms with E-state index in [4.69, 9.17) is 5.73 Å². The van der Waals surface area contributed by atoms with Crippen LogP contribution in [0.5, 0.6) is 0 Å². The topological polar surface area (TPSA) is 99.9 Å². The summed E-state index contributed by atoms with van der Waals surface area (Å²) >= 11 is 0. The van der Waals surface area contributed by atoms with Gasteiger partial charge in [-0.1, -0.05) is 60.7 Å². The van der Waals surface area contributed by atoms with Gasteiger partial charge in [-0.15, -0.1) is 0 Å². The molecule has 0 aliphatic heterocycles. The number of carbonyl (C=O) groups is 1.